The van der Waals surface area contributed by atoms with Crippen LogP contribution in [0.3, 0.4) is 0 Å². The SMILES string of the molecule is O=C(c1ccccc1)c1ccc(N=C(C=COc2ccccc2)Oc2ccccc2)cc1. The number of ether oxygens (including phenoxy) is 2. The molecule has 0 saturated heterocycles. The van der Waals surface area contributed by atoms with Crippen LogP contribution >= 0.6 is 0 Å². The quantitative estimate of drug-likeness (QED) is 0.146. The van der Waals surface area contributed by atoms with Crippen LogP contribution in [-0.2, 0) is 0 Å². The maximum Gasteiger partial charge on any atom is 0.222 e. The number of benzene rings is 4. The van der Waals surface area contributed by atoms with Crippen LogP contribution in [0.2, 0.25) is 0 Å². The van der Waals surface area contributed by atoms with Crippen LogP contribution in [0.1, 0.15) is 15.9 Å². The summed E-state index contributed by atoms with van der Waals surface area (Å²) in [5.74, 6) is 1.70. The first-order valence-electron chi connectivity index (χ1n) is 10.2. The molecule has 0 aliphatic carbocycles. The number of rotatable bonds is 7. The Morgan fingerprint density at radius 2 is 1.16 bits per heavy atom. The Balaban J connectivity index is 1.54. The number of hydrogen-bond donors (Lipinski definition) is 0. The van der Waals surface area contributed by atoms with E-state index in [0.717, 1.165) is 0 Å². The van der Waals surface area contributed by atoms with Crippen LogP contribution in [0, 0.1) is 0 Å². The molecule has 0 radical (unpaired) electrons. The van der Waals surface area contributed by atoms with Gasteiger partial charge in [0.1, 0.15) is 11.5 Å². The van der Waals surface area contributed by atoms with Crippen molar-refractivity contribution in [1.82, 2.24) is 0 Å². The van der Waals surface area contributed by atoms with E-state index in [-0.39, 0.29) is 5.78 Å². The van der Waals surface area contributed by atoms with Gasteiger partial charge in [-0.3, -0.25) is 4.79 Å². The van der Waals surface area contributed by atoms with Gasteiger partial charge in [0.2, 0.25) is 5.90 Å². The smallest absolute Gasteiger partial charge is 0.222 e. The molecule has 0 aliphatic heterocycles. The van der Waals surface area contributed by atoms with Gasteiger partial charge in [-0.05, 0) is 48.5 Å². The predicted molar refractivity (Wildman–Crippen MR) is 127 cm³/mol. The fourth-order valence-corrected chi connectivity index (χ4v) is 2.94. The molecule has 4 nitrogen and oxygen atoms in total. The lowest BCUT2D eigenvalue weighted by molar-refractivity contribution is 0.103. The number of nitrogens with zero attached hydrogens (tertiary/aromatic N) is 1. The molecule has 0 unspecified atom stereocenters. The highest BCUT2D eigenvalue weighted by atomic mass is 16.5. The minimum Gasteiger partial charge on any atom is -0.465 e. The molecule has 0 N–H and O–H groups in total. The molecule has 0 bridgehead atoms. The molecule has 4 heteroatoms. The third kappa shape index (κ3) is 5.80. The van der Waals surface area contributed by atoms with Crippen molar-refractivity contribution in [1.29, 1.82) is 0 Å². The fourth-order valence-electron chi connectivity index (χ4n) is 2.94. The van der Waals surface area contributed by atoms with Crippen LogP contribution in [0.4, 0.5) is 5.69 Å². The van der Waals surface area contributed by atoms with Crippen LogP contribution in [0.5, 0.6) is 11.5 Å². The van der Waals surface area contributed by atoms with E-state index in [2.05, 4.69) is 4.99 Å². The largest absolute Gasteiger partial charge is 0.465 e. The van der Waals surface area contributed by atoms with Gasteiger partial charge in [0.05, 0.1) is 11.9 Å². The first-order chi connectivity index (χ1) is 15.8. The van der Waals surface area contributed by atoms with Gasteiger partial charge < -0.3 is 9.47 Å². The number of aliphatic imine (C=N–C) groups is 1. The maximum absolute atomic E-state index is 12.6. The second kappa shape index (κ2) is 10.5. The number of ketones is 1. The Kier molecular flexibility index (Phi) is 6.86. The van der Waals surface area contributed by atoms with Gasteiger partial charge >= 0.3 is 0 Å². The molecular formula is C28H21NO3. The second-order valence-electron chi connectivity index (χ2n) is 6.84. The first-order valence-corrected chi connectivity index (χ1v) is 10.2. The van der Waals surface area contributed by atoms with Gasteiger partial charge in [0.15, 0.2) is 5.78 Å². The molecular weight excluding hydrogens is 398 g/mol. The molecule has 156 valence electrons. The summed E-state index contributed by atoms with van der Waals surface area (Å²) in [6.45, 7) is 0. The molecule has 0 fully saturated rings. The summed E-state index contributed by atoms with van der Waals surface area (Å²) in [6.07, 6.45) is 3.19. The van der Waals surface area contributed by atoms with E-state index in [0.29, 0.717) is 34.2 Å². The molecule has 0 aromatic heterocycles. The Bertz CT molecular complexity index is 1200. The Morgan fingerprint density at radius 3 is 1.78 bits per heavy atom. The Labute approximate surface area is 187 Å². The average molecular weight is 419 g/mol. The number of carbonyl (C=O) groups is 1. The lowest BCUT2D eigenvalue weighted by Gasteiger charge is -2.06. The molecule has 0 heterocycles. The summed E-state index contributed by atoms with van der Waals surface area (Å²) < 4.78 is 11.5. The topological polar surface area (TPSA) is 47.9 Å². The fraction of sp³-hybridized carbons (Fsp3) is 0. The van der Waals surface area contributed by atoms with E-state index < -0.39 is 0 Å². The number of carbonyl (C=O) groups excluding carboxylic acids is 1. The van der Waals surface area contributed by atoms with E-state index in [1.807, 2.05) is 78.9 Å². The van der Waals surface area contributed by atoms with Gasteiger partial charge in [0, 0.05) is 17.2 Å². The van der Waals surface area contributed by atoms with E-state index >= 15 is 0 Å². The minimum absolute atomic E-state index is 0.0296. The zero-order chi connectivity index (χ0) is 22.0. The normalized spacial score (nSPS) is 11.3. The van der Waals surface area contributed by atoms with Gasteiger partial charge in [-0.25, -0.2) is 4.99 Å². The van der Waals surface area contributed by atoms with Crippen molar-refractivity contribution in [2.75, 3.05) is 0 Å². The highest BCUT2D eigenvalue weighted by Crippen LogP contribution is 2.18. The van der Waals surface area contributed by atoms with Crippen molar-refractivity contribution in [2.45, 2.75) is 0 Å². The summed E-state index contributed by atoms with van der Waals surface area (Å²) in [5, 5.41) is 0. The van der Waals surface area contributed by atoms with Gasteiger partial charge in [-0.2, -0.15) is 0 Å². The van der Waals surface area contributed by atoms with Gasteiger partial charge in [-0.15, -0.1) is 0 Å². The lowest BCUT2D eigenvalue weighted by Crippen LogP contribution is -2.05. The van der Waals surface area contributed by atoms with E-state index in [9.17, 15) is 4.79 Å². The summed E-state index contributed by atoms with van der Waals surface area (Å²) in [7, 11) is 0. The molecule has 32 heavy (non-hydrogen) atoms. The third-order valence-corrected chi connectivity index (χ3v) is 4.53. The van der Waals surface area contributed by atoms with Crippen LogP contribution in [-0.4, -0.2) is 11.7 Å². The van der Waals surface area contributed by atoms with Crippen molar-refractivity contribution < 1.29 is 14.3 Å². The summed E-state index contributed by atoms with van der Waals surface area (Å²) in [4.78, 5) is 17.2. The van der Waals surface area contributed by atoms with Crippen LogP contribution in [0.25, 0.3) is 0 Å². The zero-order valence-electron chi connectivity index (χ0n) is 17.3. The molecule has 4 rings (SSSR count). The maximum atomic E-state index is 12.6. The highest BCUT2D eigenvalue weighted by molar-refractivity contribution is 6.09. The molecule has 4 aromatic rings. The van der Waals surface area contributed by atoms with Crippen molar-refractivity contribution in [3.63, 3.8) is 0 Å². The number of para-hydroxylation sites is 2. The summed E-state index contributed by atoms with van der Waals surface area (Å²) >= 11 is 0. The molecule has 0 atom stereocenters. The third-order valence-electron chi connectivity index (χ3n) is 4.53. The van der Waals surface area contributed by atoms with E-state index in [1.54, 1.807) is 42.5 Å². The van der Waals surface area contributed by atoms with Gasteiger partial charge in [0.25, 0.3) is 0 Å². The van der Waals surface area contributed by atoms with Crippen molar-refractivity contribution in [3.8, 4) is 11.5 Å². The first kappa shape index (κ1) is 20.8. The van der Waals surface area contributed by atoms with E-state index in [4.69, 9.17) is 9.47 Å². The molecule has 4 aromatic carbocycles. The molecule has 0 saturated carbocycles. The standard InChI is InChI=1S/C28H21NO3/c30-28(22-10-4-1-5-11-22)23-16-18-24(19-17-23)29-27(32-26-14-8-3-9-15-26)20-21-31-25-12-6-2-7-13-25/h1-21H. The number of hydrogen-bond acceptors (Lipinski definition) is 4. The van der Waals surface area contributed by atoms with Crippen LogP contribution < -0.4 is 9.47 Å². The molecule has 0 amide bonds. The Morgan fingerprint density at radius 1 is 0.625 bits per heavy atom. The lowest BCUT2D eigenvalue weighted by atomic mass is 10.0. The Hall–Kier alpha value is -4.44. The van der Waals surface area contributed by atoms with Gasteiger partial charge in [-0.1, -0.05) is 66.7 Å². The summed E-state index contributed by atoms with van der Waals surface area (Å²) in [6, 6.07) is 35.1. The van der Waals surface area contributed by atoms with Crippen molar-refractivity contribution >= 4 is 17.4 Å². The zero-order valence-corrected chi connectivity index (χ0v) is 17.3. The average Bonchev–Trinajstić information content (AvgIpc) is 2.86. The predicted octanol–water partition coefficient (Wildman–Crippen LogP) is 6.62. The molecule has 0 spiro atoms. The monoisotopic (exact) mass is 419 g/mol. The second-order valence-corrected chi connectivity index (χ2v) is 6.84. The van der Waals surface area contributed by atoms with E-state index in [1.165, 1.54) is 6.26 Å². The summed E-state index contributed by atoms with van der Waals surface area (Å²) in [5.41, 5.74) is 1.91. The van der Waals surface area contributed by atoms with Crippen molar-refractivity contribution in [2.24, 2.45) is 4.99 Å². The van der Waals surface area contributed by atoms with Crippen molar-refractivity contribution in [3.05, 3.63) is 139 Å². The van der Waals surface area contributed by atoms with Crippen LogP contribution in [0.15, 0.2) is 133 Å². The minimum atomic E-state index is -0.0296. The highest BCUT2D eigenvalue weighted by Gasteiger charge is 2.08. The molecule has 0 aliphatic rings.